The van der Waals surface area contributed by atoms with Crippen molar-refractivity contribution in [2.45, 2.75) is 4.83 Å². The molecule has 1 atom stereocenters. The van der Waals surface area contributed by atoms with E-state index in [-0.39, 0.29) is 4.83 Å². The zero-order valence-electron chi connectivity index (χ0n) is 10.9. The summed E-state index contributed by atoms with van der Waals surface area (Å²) in [4.78, 5) is 0.0463. The lowest BCUT2D eigenvalue weighted by molar-refractivity contribution is 0.880. The van der Waals surface area contributed by atoms with Crippen molar-refractivity contribution < 1.29 is 0 Å². The number of rotatable bonds is 3. The quantitative estimate of drug-likeness (QED) is 0.486. The lowest BCUT2D eigenvalue weighted by Crippen LogP contribution is -1.94. The Bertz CT molecular complexity index is 736. The van der Waals surface area contributed by atoms with Crippen molar-refractivity contribution in [3.8, 4) is 5.69 Å². The molecule has 21 heavy (non-hydrogen) atoms. The monoisotopic (exact) mass is 424 g/mol. The van der Waals surface area contributed by atoms with Gasteiger partial charge in [0.2, 0.25) is 0 Å². The average molecular weight is 427 g/mol. The number of para-hydroxylation sites is 1. The molecule has 0 saturated heterocycles. The molecule has 0 radical (unpaired) electrons. The Labute approximate surface area is 145 Å². The van der Waals surface area contributed by atoms with Crippen LogP contribution in [0.4, 0.5) is 0 Å². The van der Waals surface area contributed by atoms with Gasteiger partial charge in [0.1, 0.15) is 0 Å². The minimum atomic E-state index is 0.0463. The second-order valence-electron chi connectivity index (χ2n) is 4.62. The van der Waals surface area contributed by atoms with Crippen molar-refractivity contribution in [2.24, 2.45) is 0 Å². The van der Waals surface area contributed by atoms with E-state index in [2.05, 4.69) is 37.0 Å². The van der Waals surface area contributed by atoms with Crippen molar-refractivity contribution in [3.05, 3.63) is 81.5 Å². The minimum Gasteiger partial charge on any atom is -0.241 e. The summed E-state index contributed by atoms with van der Waals surface area (Å²) in [7, 11) is 0. The minimum absolute atomic E-state index is 0.0463. The first kappa shape index (κ1) is 14.8. The summed E-state index contributed by atoms with van der Waals surface area (Å²) in [5.74, 6) is 0. The van der Waals surface area contributed by atoms with Crippen LogP contribution in [0.25, 0.3) is 5.69 Å². The van der Waals surface area contributed by atoms with Crippen molar-refractivity contribution in [1.82, 2.24) is 9.78 Å². The molecule has 0 aliphatic heterocycles. The molecule has 0 aliphatic carbocycles. The van der Waals surface area contributed by atoms with E-state index >= 15 is 0 Å². The summed E-state index contributed by atoms with van der Waals surface area (Å²) in [6.45, 7) is 0. The van der Waals surface area contributed by atoms with Crippen LogP contribution in [0, 0.1) is 0 Å². The van der Waals surface area contributed by atoms with E-state index in [1.807, 2.05) is 65.6 Å². The first-order valence-electron chi connectivity index (χ1n) is 6.33. The van der Waals surface area contributed by atoms with Crippen molar-refractivity contribution >= 4 is 43.5 Å². The summed E-state index contributed by atoms with van der Waals surface area (Å²) >= 11 is 13.3. The molecule has 0 amide bonds. The highest BCUT2D eigenvalue weighted by Gasteiger charge is 2.14. The highest BCUT2D eigenvalue weighted by atomic mass is 79.9. The van der Waals surface area contributed by atoms with Gasteiger partial charge in [0.05, 0.1) is 16.7 Å². The lowest BCUT2D eigenvalue weighted by Gasteiger charge is -2.09. The molecule has 1 heterocycles. The third-order valence-electron chi connectivity index (χ3n) is 3.09. The van der Waals surface area contributed by atoms with Gasteiger partial charge in [-0.15, -0.1) is 0 Å². The first-order chi connectivity index (χ1) is 10.1. The van der Waals surface area contributed by atoms with Crippen LogP contribution < -0.4 is 0 Å². The van der Waals surface area contributed by atoms with E-state index in [1.54, 1.807) is 0 Å². The Morgan fingerprint density at radius 2 is 1.81 bits per heavy atom. The molecule has 1 unspecified atom stereocenters. The fourth-order valence-electron chi connectivity index (χ4n) is 2.10. The molecule has 0 N–H and O–H groups in total. The molecule has 2 aromatic carbocycles. The first-order valence-corrected chi connectivity index (χ1v) is 8.42. The number of hydrogen-bond donors (Lipinski definition) is 0. The molecule has 0 fully saturated rings. The summed E-state index contributed by atoms with van der Waals surface area (Å²) < 4.78 is 2.83. The van der Waals surface area contributed by atoms with Crippen molar-refractivity contribution in [3.63, 3.8) is 0 Å². The van der Waals surface area contributed by atoms with Crippen LogP contribution in [0.1, 0.15) is 16.0 Å². The number of aromatic nitrogens is 2. The number of nitrogens with zero attached hydrogens (tertiary/aromatic N) is 2. The Morgan fingerprint density at radius 3 is 2.52 bits per heavy atom. The van der Waals surface area contributed by atoms with Gasteiger partial charge in [-0.25, -0.2) is 4.68 Å². The van der Waals surface area contributed by atoms with Crippen LogP contribution in [-0.2, 0) is 0 Å². The second-order valence-corrected chi connectivity index (χ2v) is 6.89. The van der Waals surface area contributed by atoms with Crippen LogP contribution in [-0.4, -0.2) is 9.78 Å². The maximum Gasteiger partial charge on any atom is 0.0676 e. The van der Waals surface area contributed by atoms with Gasteiger partial charge >= 0.3 is 0 Å². The fraction of sp³-hybridized carbons (Fsp3) is 0.0625. The van der Waals surface area contributed by atoms with Crippen LogP contribution in [0.15, 0.2) is 65.4 Å². The molecular formula is C16H11Br2ClN2. The zero-order valence-corrected chi connectivity index (χ0v) is 14.8. The second kappa shape index (κ2) is 6.34. The molecule has 106 valence electrons. The Hall–Kier alpha value is -1.10. The average Bonchev–Trinajstić information content (AvgIpc) is 2.96. The van der Waals surface area contributed by atoms with E-state index in [0.29, 0.717) is 5.02 Å². The normalized spacial score (nSPS) is 12.3. The fourth-order valence-corrected chi connectivity index (χ4v) is 3.49. The highest BCUT2D eigenvalue weighted by molar-refractivity contribution is 9.10. The third-order valence-corrected chi connectivity index (χ3v) is 4.83. The van der Waals surface area contributed by atoms with Gasteiger partial charge in [-0.1, -0.05) is 61.7 Å². The van der Waals surface area contributed by atoms with Gasteiger partial charge in [-0.3, -0.25) is 0 Å². The molecule has 3 rings (SSSR count). The van der Waals surface area contributed by atoms with Crippen LogP contribution >= 0.6 is 43.5 Å². The van der Waals surface area contributed by atoms with Gasteiger partial charge < -0.3 is 0 Å². The molecule has 3 aromatic rings. The maximum absolute atomic E-state index is 6.11. The molecule has 0 aliphatic rings. The van der Waals surface area contributed by atoms with Crippen molar-refractivity contribution in [1.29, 1.82) is 0 Å². The van der Waals surface area contributed by atoms with Gasteiger partial charge in [0.25, 0.3) is 0 Å². The molecule has 0 bridgehead atoms. The molecule has 0 saturated carbocycles. The zero-order chi connectivity index (χ0) is 14.8. The van der Waals surface area contributed by atoms with Gasteiger partial charge in [0, 0.05) is 21.3 Å². The van der Waals surface area contributed by atoms with E-state index in [0.717, 1.165) is 21.3 Å². The van der Waals surface area contributed by atoms with Crippen molar-refractivity contribution in [2.75, 3.05) is 0 Å². The van der Waals surface area contributed by atoms with Crippen LogP contribution in [0.5, 0.6) is 0 Å². The van der Waals surface area contributed by atoms with E-state index in [4.69, 9.17) is 11.6 Å². The maximum atomic E-state index is 6.11. The summed E-state index contributed by atoms with van der Waals surface area (Å²) in [6.07, 6.45) is 3.88. The topological polar surface area (TPSA) is 17.8 Å². The van der Waals surface area contributed by atoms with Crippen LogP contribution in [0.3, 0.4) is 0 Å². The smallest absolute Gasteiger partial charge is 0.0676 e. The molecule has 2 nitrogen and oxygen atoms in total. The Morgan fingerprint density at radius 1 is 1.05 bits per heavy atom. The van der Waals surface area contributed by atoms with E-state index in [9.17, 15) is 0 Å². The largest absolute Gasteiger partial charge is 0.241 e. The standard InChI is InChI=1S/C16H11Br2ClN2/c17-13-6-11(7-14(19)8-13)16(18)12-9-20-21(10-12)15-4-2-1-3-5-15/h1-10,16H. The lowest BCUT2D eigenvalue weighted by atomic mass is 10.1. The summed E-state index contributed by atoms with van der Waals surface area (Å²) in [5, 5.41) is 5.13. The van der Waals surface area contributed by atoms with Crippen LogP contribution in [0.2, 0.25) is 5.02 Å². The molecule has 5 heteroatoms. The summed E-state index contributed by atoms with van der Waals surface area (Å²) in [6, 6.07) is 15.9. The molecule has 1 aromatic heterocycles. The number of hydrogen-bond acceptors (Lipinski definition) is 1. The predicted octanol–water partition coefficient (Wildman–Crippen LogP) is 5.77. The van der Waals surface area contributed by atoms with E-state index in [1.165, 1.54) is 0 Å². The predicted molar refractivity (Wildman–Crippen MR) is 93.5 cm³/mol. The third kappa shape index (κ3) is 3.39. The van der Waals surface area contributed by atoms with Gasteiger partial charge in [-0.05, 0) is 35.9 Å². The van der Waals surface area contributed by atoms with Gasteiger partial charge in [-0.2, -0.15) is 5.10 Å². The highest BCUT2D eigenvalue weighted by Crippen LogP contribution is 2.34. The number of halogens is 3. The SMILES string of the molecule is Clc1cc(Br)cc(C(Br)c2cnn(-c3ccccc3)c2)c1. The Kier molecular flexibility index (Phi) is 4.48. The summed E-state index contributed by atoms with van der Waals surface area (Å²) in [5.41, 5.74) is 3.20. The molecule has 0 spiro atoms. The molecular weight excluding hydrogens is 415 g/mol. The van der Waals surface area contributed by atoms with Gasteiger partial charge in [0.15, 0.2) is 0 Å². The van der Waals surface area contributed by atoms with E-state index < -0.39 is 0 Å². The number of benzene rings is 2. The Balaban J connectivity index is 1.92. The number of alkyl halides is 1.